The lowest BCUT2D eigenvalue weighted by Gasteiger charge is -2.10. The maximum absolute atomic E-state index is 13.1. The van der Waals surface area contributed by atoms with E-state index in [0.717, 1.165) is 0 Å². The quantitative estimate of drug-likeness (QED) is 0.867. The second-order valence-corrected chi connectivity index (χ2v) is 4.44. The number of halogens is 2. The molecular formula is C13H9ClFNOS. The van der Waals surface area contributed by atoms with Crippen molar-refractivity contribution in [3.63, 3.8) is 0 Å². The zero-order valence-corrected chi connectivity index (χ0v) is 10.8. The molecule has 2 rings (SSSR count). The Morgan fingerprint density at radius 1 is 1.22 bits per heavy atom. The summed E-state index contributed by atoms with van der Waals surface area (Å²) in [5.74, 6) is 0.377. The van der Waals surface area contributed by atoms with Crippen molar-refractivity contribution in [2.75, 3.05) is 0 Å². The summed E-state index contributed by atoms with van der Waals surface area (Å²) in [6.07, 6.45) is 0. The van der Waals surface area contributed by atoms with E-state index in [1.54, 1.807) is 30.3 Å². The molecule has 0 saturated heterocycles. The minimum absolute atomic E-state index is 0.193. The fraction of sp³-hybridized carbons (Fsp3) is 0. The van der Waals surface area contributed by atoms with Gasteiger partial charge in [0, 0.05) is 17.2 Å². The molecule has 0 aliphatic heterocycles. The molecule has 0 fully saturated rings. The zero-order chi connectivity index (χ0) is 13.1. The SMILES string of the molecule is NC(=S)c1ccc(Cl)cc1Oc1cccc(F)c1. The van der Waals surface area contributed by atoms with Crippen molar-refractivity contribution in [2.45, 2.75) is 0 Å². The fourth-order valence-corrected chi connectivity index (χ4v) is 1.77. The standard InChI is InChI=1S/C13H9ClFNOS/c14-8-4-5-11(13(16)18)12(6-8)17-10-3-1-2-9(15)7-10/h1-7H,(H2,16,18). The normalized spacial score (nSPS) is 10.1. The molecule has 0 aliphatic rings. The van der Waals surface area contributed by atoms with Crippen LogP contribution in [-0.4, -0.2) is 4.99 Å². The van der Waals surface area contributed by atoms with Crippen molar-refractivity contribution in [2.24, 2.45) is 5.73 Å². The first-order valence-electron chi connectivity index (χ1n) is 5.09. The van der Waals surface area contributed by atoms with Crippen molar-refractivity contribution < 1.29 is 9.13 Å². The molecule has 0 spiro atoms. The first kappa shape index (κ1) is 12.8. The van der Waals surface area contributed by atoms with Crippen molar-refractivity contribution in [3.8, 4) is 11.5 Å². The highest BCUT2D eigenvalue weighted by Crippen LogP contribution is 2.28. The van der Waals surface area contributed by atoms with Gasteiger partial charge in [-0.05, 0) is 24.3 Å². The molecule has 2 aromatic carbocycles. The van der Waals surface area contributed by atoms with Crippen LogP contribution in [0.3, 0.4) is 0 Å². The van der Waals surface area contributed by atoms with Gasteiger partial charge in [-0.1, -0.05) is 29.9 Å². The van der Waals surface area contributed by atoms with Gasteiger partial charge in [0.2, 0.25) is 0 Å². The number of rotatable bonds is 3. The van der Waals surface area contributed by atoms with E-state index in [0.29, 0.717) is 22.1 Å². The Hall–Kier alpha value is -1.65. The van der Waals surface area contributed by atoms with Crippen LogP contribution in [0.1, 0.15) is 5.56 Å². The van der Waals surface area contributed by atoms with Gasteiger partial charge in [-0.2, -0.15) is 0 Å². The Kier molecular flexibility index (Phi) is 3.79. The molecule has 0 amide bonds. The third-order valence-electron chi connectivity index (χ3n) is 2.23. The van der Waals surface area contributed by atoms with E-state index >= 15 is 0 Å². The first-order chi connectivity index (χ1) is 8.56. The highest BCUT2D eigenvalue weighted by Gasteiger charge is 2.09. The molecule has 2 N–H and O–H groups in total. The van der Waals surface area contributed by atoms with Crippen molar-refractivity contribution >= 4 is 28.8 Å². The van der Waals surface area contributed by atoms with Crippen LogP contribution < -0.4 is 10.5 Å². The van der Waals surface area contributed by atoms with Gasteiger partial charge in [0.15, 0.2) is 0 Å². The molecule has 0 unspecified atom stereocenters. The largest absolute Gasteiger partial charge is 0.456 e. The van der Waals surface area contributed by atoms with Crippen LogP contribution in [0.25, 0.3) is 0 Å². The zero-order valence-electron chi connectivity index (χ0n) is 9.19. The Morgan fingerprint density at radius 3 is 2.67 bits per heavy atom. The highest BCUT2D eigenvalue weighted by molar-refractivity contribution is 7.80. The van der Waals surface area contributed by atoms with Crippen molar-refractivity contribution in [1.82, 2.24) is 0 Å². The molecule has 2 nitrogen and oxygen atoms in total. The summed E-state index contributed by atoms with van der Waals surface area (Å²) in [7, 11) is 0. The predicted octanol–water partition coefficient (Wildman–Crippen LogP) is 3.91. The van der Waals surface area contributed by atoms with E-state index in [1.165, 1.54) is 12.1 Å². The van der Waals surface area contributed by atoms with Crippen LogP contribution in [0, 0.1) is 5.82 Å². The lowest BCUT2D eigenvalue weighted by atomic mass is 10.2. The maximum atomic E-state index is 13.1. The van der Waals surface area contributed by atoms with Crippen molar-refractivity contribution in [1.29, 1.82) is 0 Å². The average molecular weight is 282 g/mol. The van der Waals surface area contributed by atoms with E-state index in [2.05, 4.69) is 0 Å². The molecule has 2 aromatic rings. The molecule has 0 atom stereocenters. The van der Waals surface area contributed by atoms with Crippen LogP contribution in [0.5, 0.6) is 11.5 Å². The predicted molar refractivity (Wildman–Crippen MR) is 73.8 cm³/mol. The Labute approximate surface area is 114 Å². The summed E-state index contributed by atoms with van der Waals surface area (Å²) < 4.78 is 18.6. The number of hydrogen-bond acceptors (Lipinski definition) is 2. The Balaban J connectivity index is 2.39. The number of nitrogens with two attached hydrogens (primary N) is 1. The third-order valence-corrected chi connectivity index (χ3v) is 2.69. The highest BCUT2D eigenvalue weighted by atomic mass is 35.5. The second-order valence-electron chi connectivity index (χ2n) is 3.56. The third kappa shape index (κ3) is 2.97. The van der Waals surface area contributed by atoms with Gasteiger partial charge in [0.1, 0.15) is 22.3 Å². The van der Waals surface area contributed by atoms with Gasteiger partial charge in [-0.25, -0.2) is 4.39 Å². The van der Waals surface area contributed by atoms with Crippen LogP contribution in [0.2, 0.25) is 5.02 Å². The van der Waals surface area contributed by atoms with Gasteiger partial charge in [-0.3, -0.25) is 0 Å². The topological polar surface area (TPSA) is 35.2 Å². The number of ether oxygens (including phenoxy) is 1. The molecule has 0 saturated carbocycles. The number of benzene rings is 2. The summed E-state index contributed by atoms with van der Waals surface area (Å²) in [5, 5.41) is 0.487. The minimum atomic E-state index is -0.383. The molecule has 0 radical (unpaired) electrons. The molecule has 0 bridgehead atoms. The lowest BCUT2D eigenvalue weighted by Crippen LogP contribution is -2.10. The molecule has 0 aliphatic carbocycles. The number of hydrogen-bond donors (Lipinski definition) is 1. The number of thiocarbonyl (C=S) groups is 1. The van der Waals surface area contributed by atoms with Crippen LogP contribution in [0.15, 0.2) is 42.5 Å². The maximum Gasteiger partial charge on any atom is 0.139 e. The minimum Gasteiger partial charge on any atom is -0.456 e. The van der Waals surface area contributed by atoms with E-state index in [9.17, 15) is 4.39 Å². The first-order valence-corrected chi connectivity index (χ1v) is 5.87. The monoisotopic (exact) mass is 281 g/mol. The second kappa shape index (κ2) is 5.33. The summed E-state index contributed by atoms with van der Waals surface area (Å²) >= 11 is 10.8. The van der Waals surface area contributed by atoms with Crippen LogP contribution in [-0.2, 0) is 0 Å². The van der Waals surface area contributed by atoms with Gasteiger partial charge in [-0.15, -0.1) is 0 Å². The fourth-order valence-electron chi connectivity index (χ4n) is 1.44. The van der Waals surface area contributed by atoms with Gasteiger partial charge in [0.25, 0.3) is 0 Å². The van der Waals surface area contributed by atoms with Crippen molar-refractivity contribution in [3.05, 3.63) is 58.9 Å². The Morgan fingerprint density at radius 2 is 2.00 bits per heavy atom. The van der Waals surface area contributed by atoms with Gasteiger partial charge in [0.05, 0.1) is 5.56 Å². The molecule has 5 heteroatoms. The molecule has 92 valence electrons. The molecule has 18 heavy (non-hydrogen) atoms. The van der Waals surface area contributed by atoms with E-state index in [4.69, 9.17) is 34.3 Å². The van der Waals surface area contributed by atoms with E-state index in [-0.39, 0.29) is 10.8 Å². The Bertz CT molecular complexity index is 603. The smallest absolute Gasteiger partial charge is 0.139 e. The van der Waals surface area contributed by atoms with E-state index in [1.807, 2.05) is 0 Å². The summed E-state index contributed by atoms with van der Waals surface area (Å²) in [6, 6.07) is 10.7. The average Bonchev–Trinajstić information content (AvgIpc) is 2.28. The molecular weight excluding hydrogens is 273 g/mol. The van der Waals surface area contributed by atoms with E-state index < -0.39 is 0 Å². The van der Waals surface area contributed by atoms with Gasteiger partial charge >= 0.3 is 0 Å². The summed E-state index contributed by atoms with van der Waals surface area (Å²) in [6.45, 7) is 0. The molecule has 0 heterocycles. The van der Waals surface area contributed by atoms with Crippen LogP contribution >= 0.6 is 23.8 Å². The van der Waals surface area contributed by atoms with Crippen LogP contribution in [0.4, 0.5) is 4.39 Å². The summed E-state index contributed by atoms with van der Waals surface area (Å²) in [5.41, 5.74) is 6.14. The summed E-state index contributed by atoms with van der Waals surface area (Å²) in [4.78, 5) is 0.193. The lowest BCUT2D eigenvalue weighted by molar-refractivity contribution is 0.476. The molecule has 0 aromatic heterocycles. The van der Waals surface area contributed by atoms with Gasteiger partial charge < -0.3 is 10.5 Å².